The summed E-state index contributed by atoms with van der Waals surface area (Å²) in [6.07, 6.45) is 5.85. The van der Waals surface area contributed by atoms with E-state index in [0.29, 0.717) is 11.8 Å². The van der Waals surface area contributed by atoms with Gasteiger partial charge in [-0.05, 0) is 42.4 Å². The molecule has 1 aromatic carbocycles. The summed E-state index contributed by atoms with van der Waals surface area (Å²) in [6.45, 7) is 4.24. The topological polar surface area (TPSA) is 20.2 Å². The lowest BCUT2D eigenvalue weighted by atomic mass is 9.73. The Hall–Kier alpha value is -0.530. The summed E-state index contributed by atoms with van der Waals surface area (Å²) in [5, 5.41) is 11.4. The summed E-state index contributed by atoms with van der Waals surface area (Å²) in [7, 11) is 0. The van der Waals surface area contributed by atoms with E-state index in [1.807, 2.05) is 25.1 Å². The first-order chi connectivity index (χ1) is 8.63. The van der Waals surface area contributed by atoms with Gasteiger partial charge in [-0.25, -0.2) is 0 Å². The first kappa shape index (κ1) is 13.9. The second-order valence-corrected chi connectivity index (χ2v) is 5.98. The van der Waals surface area contributed by atoms with Crippen LogP contribution in [0.25, 0.3) is 0 Å². The largest absolute Gasteiger partial charge is 0.388 e. The van der Waals surface area contributed by atoms with Gasteiger partial charge in [0.1, 0.15) is 0 Å². The van der Waals surface area contributed by atoms with Crippen molar-refractivity contribution in [2.24, 2.45) is 11.8 Å². The van der Waals surface area contributed by atoms with Crippen molar-refractivity contribution in [1.29, 1.82) is 0 Å². The third-order valence-corrected chi connectivity index (χ3v) is 4.85. The SMILES string of the molecule is CCC1CCCCC1C(O)c1ccc(Cl)c(C)c1. The first-order valence-corrected chi connectivity index (χ1v) is 7.45. The second kappa shape index (κ2) is 6.08. The molecule has 0 bridgehead atoms. The summed E-state index contributed by atoms with van der Waals surface area (Å²) < 4.78 is 0. The van der Waals surface area contributed by atoms with Gasteiger partial charge in [0.25, 0.3) is 0 Å². The summed E-state index contributed by atoms with van der Waals surface area (Å²) in [4.78, 5) is 0. The van der Waals surface area contributed by atoms with E-state index in [-0.39, 0.29) is 6.10 Å². The Labute approximate surface area is 115 Å². The molecule has 0 aromatic heterocycles. The highest BCUT2D eigenvalue weighted by Gasteiger charge is 2.30. The maximum atomic E-state index is 10.6. The molecule has 1 aliphatic rings. The smallest absolute Gasteiger partial charge is 0.0820 e. The van der Waals surface area contributed by atoms with Crippen LogP contribution in [0.3, 0.4) is 0 Å². The predicted octanol–water partition coefficient (Wildman–Crippen LogP) is 4.90. The van der Waals surface area contributed by atoms with Crippen molar-refractivity contribution in [2.45, 2.75) is 52.1 Å². The van der Waals surface area contributed by atoms with Crippen LogP contribution in [-0.2, 0) is 0 Å². The fourth-order valence-corrected chi connectivity index (χ4v) is 3.38. The highest BCUT2D eigenvalue weighted by Crippen LogP contribution is 2.40. The molecule has 2 rings (SSSR count). The van der Waals surface area contributed by atoms with Gasteiger partial charge in [0, 0.05) is 5.02 Å². The zero-order valence-corrected chi connectivity index (χ0v) is 12.1. The van der Waals surface area contributed by atoms with Gasteiger partial charge in [-0.2, -0.15) is 0 Å². The van der Waals surface area contributed by atoms with Crippen molar-refractivity contribution in [2.75, 3.05) is 0 Å². The molecule has 1 saturated carbocycles. The van der Waals surface area contributed by atoms with Crippen LogP contribution in [0.15, 0.2) is 18.2 Å². The van der Waals surface area contributed by atoms with Crippen LogP contribution in [0.4, 0.5) is 0 Å². The van der Waals surface area contributed by atoms with E-state index in [1.165, 1.54) is 25.7 Å². The molecule has 3 unspecified atom stereocenters. The number of aliphatic hydroxyl groups excluding tert-OH is 1. The maximum Gasteiger partial charge on any atom is 0.0820 e. The molecule has 1 nitrogen and oxygen atoms in total. The van der Waals surface area contributed by atoms with Gasteiger partial charge in [0.2, 0.25) is 0 Å². The minimum atomic E-state index is -0.328. The third-order valence-electron chi connectivity index (χ3n) is 4.42. The van der Waals surface area contributed by atoms with Crippen molar-refractivity contribution in [1.82, 2.24) is 0 Å². The third kappa shape index (κ3) is 2.89. The zero-order valence-electron chi connectivity index (χ0n) is 11.3. The van der Waals surface area contributed by atoms with E-state index < -0.39 is 0 Å². The summed E-state index contributed by atoms with van der Waals surface area (Å²) in [5.74, 6) is 1.09. The van der Waals surface area contributed by atoms with Gasteiger partial charge in [0.05, 0.1) is 6.10 Å². The van der Waals surface area contributed by atoms with Gasteiger partial charge < -0.3 is 5.11 Å². The van der Waals surface area contributed by atoms with Gasteiger partial charge >= 0.3 is 0 Å². The molecule has 0 heterocycles. The average Bonchev–Trinajstić information content (AvgIpc) is 2.41. The van der Waals surface area contributed by atoms with Crippen LogP contribution in [0.1, 0.15) is 56.3 Å². The normalized spacial score (nSPS) is 26.0. The Bertz CT molecular complexity index is 402. The molecule has 1 aromatic rings. The van der Waals surface area contributed by atoms with Gasteiger partial charge in [-0.3, -0.25) is 0 Å². The molecule has 0 aliphatic heterocycles. The average molecular weight is 267 g/mol. The van der Waals surface area contributed by atoms with Crippen LogP contribution in [0.2, 0.25) is 5.02 Å². The lowest BCUT2D eigenvalue weighted by Crippen LogP contribution is -2.25. The van der Waals surface area contributed by atoms with Gasteiger partial charge in [0.15, 0.2) is 0 Å². The molecule has 3 atom stereocenters. The van der Waals surface area contributed by atoms with E-state index in [4.69, 9.17) is 11.6 Å². The molecule has 1 N–H and O–H groups in total. The molecule has 0 amide bonds. The number of aliphatic hydroxyl groups is 1. The zero-order chi connectivity index (χ0) is 13.1. The van der Waals surface area contributed by atoms with Crippen LogP contribution < -0.4 is 0 Å². The molecule has 0 spiro atoms. The number of aryl methyl sites for hydroxylation is 1. The molecule has 18 heavy (non-hydrogen) atoms. The highest BCUT2D eigenvalue weighted by atomic mass is 35.5. The van der Waals surface area contributed by atoms with Gasteiger partial charge in [-0.1, -0.05) is 56.3 Å². The van der Waals surface area contributed by atoms with E-state index in [1.54, 1.807) is 0 Å². The molecular weight excluding hydrogens is 244 g/mol. The maximum absolute atomic E-state index is 10.6. The van der Waals surface area contributed by atoms with Crippen molar-refractivity contribution in [3.05, 3.63) is 34.3 Å². The molecule has 100 valence electrons. The van der Waals surface area contributed by atoms with Gasteiger partial charge in [-0.15, -0.1) is 0 Å². The van der Waals surface area contributed by atoms with E-state index >= 15 is 0 Å². The number of benzene rings is 1. The number of hydrogen-bond donors (Lipinski definition) is 1. The van der Waals surface area contributed by atoms with E-state index in [9.17, 15) is 5.11 Å². The standard InChI is InChI=1S/C16H23ClO/c1-3-12-6-4-5-7-14(12)16(18)13-8-9-15(17)11(2)10-13/h8-10,12,14,16,18H,3-7H2,1-2H3. The second-order valence-electron chi connectivity index (χ2n) is 5.57. The molecule has 0 saturated heterocycles. The lowest BCUT2D eigenvalue weighted by molar-refractivity contribution is 0.0451. The molecule has 2 heteroatoms. The van der Waals surface area contributed by atoms with Crippen molar-refractivity contribution >= 4 is 11.6 Å². The van der Waals surface area contributed by atoms with Crippen LogP contribution in [0.5, 0.6) is 0 Å². The molecular formula is C16H23ClO. The summed E-state index contributed by atoms with van der Waals surface area (Å²) in [6, 6.07) is 5.91. The number of hydrogen-bond acceptors (Lipinski definition) is 1. The van der Waals surface area contributed by atoms with Crippen LogP contribution >= 0.6 is 11.6 Å². The fraction of sp³-hybridized carbons (Fsp3) is 0.625. The molecule has 1 fully saturated rings. The predicted molar refractivity (Wildman–Crippen MR) is 76.9 cm³/mol. The fourth-order valence-electron chi connectivity index (χ4n) is 3.26. The van der Waals surface area contributed by atoms with E-state index in [2.05, 4.69) is 6.92 Å². The monoisotopic (exact) mass is 266 g/mol. The van der Waals surface area contributed by atoms with Crippen molar-refractivity contribution in [3.8, 4) is 0 Å². The van der Waals surface area contributed by atoms with Crippen LogP contribution in [-0.4, -0.2) is 5.11 Å². The van der Waals surface area contributed by atoms with Crippen molar-refractivity contribution in [3.63, 3.8) is 0 Å². The Morgan fingerprint density at radius 2 is 2.06 bits per heavy atom. The first-order valence-electron chi connectivity index (χ1n) is 7.07. The van der Waals surface area contributed by atoms with Crippen LogP contribution in [0, 0.1) is 18.8 Å². The number of halogens is 1. The highest BCUT2D eigenvalue weighted by molar-refractivity contribution is 6.31. The quantitative estimate of drug-likeness (QED) is 0.825. The Balaban J connectivity index is 2.18. The molecule has 0 radical (unpaired) electrons. The Morgan fingerprint density at radius 1 is 1.33 bits per heavy atom. The minimum absolute atomic E-state index is 0.328. The summed E-state index contributed by atoms with van der Waals surface area (Å²) in [5.41, 5.74) is 2.08. The molecule has 1 aliphatic carbocycles. The number of rotatable bonds is 3. The Kier molecular flexibility index (Phi) is 4.69. The van der Waals surface area contributed by atoms with E-state index in [0.717, 1.165) is 22.6 Å². The lowest BCUT2D eigenvalue weighted by Gasteiger charge is -2.34. The van der Waals surface area contributed by atoms with Crippen molar-refractivity contribution < 1.29 is 5.11 Å². The Morgan fingerprint density at radius 3 is 2.72 bits per heavy atom. The summed E-state index contributed by atoms with van der Waals surface area (Å²) >= 11 is 6.05. The minimum Gasteiger partial charge on any atom is -0.388 e.